The van der Waals surface area contributed by atoms with Crippen LogP contribution < -0.4 is 0 Å². The Kier molecular flexibility index (Phi) is 4.61. The molecule has 2 rings (SSSR count). The molecule has 2 fully saturated rings. The van der Waals surface area contributed by atoms with Gasteiger partial charge in [-0.15, -0.1) is 0 Å². The number of carbonyl (C=O) groups excluding carboxylic acids is 2. The highest BCUT2D eigenvalue weighted by atomic mass is 16.5. The third-order valence-corrected chi connectivity index (χ3v) is 4.64. The van der Waals surface area contributed by atoms with Gasteiger partial charge >= 0.3 is 5.97 Å². The zero-order valence-corrected chi connectivity index (χ0v) is 11.1. The Labute approximate surface area is 109 Å². The van der Waals surface area contributed by atoms with Gasteiger partial charge in [0.25, 0.3) is 0 Å². The summed E-state index contributed by atoms with van der Waals surface area (Å²) in [6.07, 6.45) is 9.44. The van der Waals surface area contributed by atoms with Crippen LogP contribution in [0.15, 0.2) is 0 Å². The standard InChI is InChI=1S/C14H23NO3/c1-18-14(17)9-15(10-16)13-8-4-6-11-5-2-3-7-12(11)13/h10-13H,2-9H2,1H3. The number of hydrogen-bond donors (Lipinski definition) is 0. The monoisotopic (exact) mass is 253 g/mol. The molecule has 2 aliphatic carbocycles. The van der Waals surface area contributed by atoms with Crippen molar-refractivity contribution in [3.8, 4) is 0 Å². The van der Waals surface area contributed by atoms with E-state index < -0.39 is 0 Å². The highest BCUT2D eigenvalue weighted by molar-refractivity contribution is 5.74. The molecule has 0 aliphatic heterocycles. The van der Waals surface area contributed by atoms with Gasteiger partial charge in [-0.25, -0.2) is 0 Å². The second-order valence-corrected chi connectivity index (χ2v) is 5.56. The van der Waals surface area contributed by atoms with Gasteiger partial charge in [0.1, 0.15) is 6.54 Å². The van der Waals surface area contributed by atoms with Crippen LogP contribution >= 0.6 is 0 Å². The SMILES string of the molecule is COC(=O)CN(C=O)C1CCCC2CCCCC21. The van der Waals surface area contributed by atoms with Crippen LogP contribution in [0.3, 0.4) is 0 Å². The number of esters is 1. The summed E-state index contributed by atoms with van der Waals surface area (Å²) < 4.78 is 4.67. The molecule has 0 spiro atoms. The molecule has 0 aromatic carbocycles. The highest BCUT2D eigenvalue weighted by Gasteiger charge is 2.37. The van der Waals surface area contributed by atoms with Crippen LogP contribution in [0.4, 0.5) is 0 Å². The lowest BCUT2D eigenvalue weighted by Crippen LogP contribution is -2.48. The van der Waals surface area contributed by atoms with Gasteiger partial charge < -0.3 is 9.64 Å². The zero-order chi connectivity index (χ0) is 13.0. The van der Waals surface area contributed by atoms with Crippen LogP contribution in [0.2, 0.25) is 0 Å². The van der Waals surface area contributed by atoms with Crippen molar-refractivity contribution in [1.82, 2.24) is 4.90 Å². The van der Waals surface area contributed by atoms with Gasteiger partial charge in [-0.2, -0.15) is 0 Å². The third kappa shape index (κ3) is 2.85. The van der Waals surface area contributed by atoms with Crippen molar-refractivity contribution < 1.29 is 14.3 Å². The van der Waals surface area contributed by atoms with Crippen LogP contribution in [-0.4, -0.2) is 37.0 Å². The highest BCUT2D eigenvalue weighted by Crippen LogP contribution is 2.42. The maximum Gasteiger partial charge on any atom is 0.325 e. The molecule has 2 aliphatic rings. The first kappa shape index (κ1) is 13.4. The average Bonchev–Trinajstić information content (AvgIpc) is 2.44. The lowest BCUT2D eigenvalue weighted by molar-refractivity contribution is -0.146. The zero-order valence-electron chi connectivity index (χ0n) is 11.1. The van der Waals surface area contributed by atoms with E-state index in [1.807, 2.05) is 0 Å². The third-order valence-electron chi connectivity index (χ3n) is 4.64. The van der Waals surface area contributed by atoms with Crippen LogP contribution in [-0.2, 0) is 14.3 Å². The molecule has 0 saturated heterocycles. The summed E-state index contributed by atoms with van der Waals surface area (Å²) in [5.41, 5.74) is 0. The van der Waals surface area contributed by atoms with Gasteiger partial charge in [0.15, 0.2) is 0 Å². The Morgan fingerprint density at radius 1 is 1.22 bits per heavy atom. The molecule has 0 heterocycles. The molecule has 0 aromatic rings. The van der Waals surface area contributed by atoms with Crippen LogP contribution in [0, 0.1) is 11.8 Å². The maximum atomic E-state index is 11.4. The van der Waals surface area contributed by atoms with Crippen molar-refractivity contribution in [3.63, 3.8) is 0 Å². The van der Waals surface area contributed by atoms with Crippen LogP contribution in [0.1, 0.15) is 44.9 Å². The number of hydrogen-bond acceptors (Lipinski definition) is 3. The van der Waals surface area contributed by atoms with Crippen LogP contribution in [0.25, 0.3) is 0 Å². The predicted octanol–water partition coefficient (Wildman–Crippen LogP) is 1.98. The topological polar surface area (TPSA) is 46.6 Å². The molecule has 0 aromatic heterocycles. The molecular weight excluding hydrogens is 230 g/mol. The van der Waals surface area contributed by atoms with Crippen molar-refractivity contribution in [2.24, 2.45) is 11.8 Å². The van der Waals surface area contributed by atoms with Gasteiger partial charge in [0, 0.05) is 6.04 Å². The first-order valence-electron chi connectivity index (χ1n) is 7.04. The van der Waals surface area contributed by atoms with E-state index in [1.54, 1.807) is 4.90 Å². The first-order chi connectivity index (χ1) is 8.76. The molecule has 0 N–H and O–H groups in total. The summed E-state index contributed by atoms with van der Waals surface area (Å²) in [5, 5.41) is 0. The number of methoxy groups -OCH3 is 1. The van der Waals surface area contributed by atoms with Crippen molar-refractivity contribution in [2.45, 2.75) is 51.0 Å². The van der Waals surface area contributed by atoms with Crippen LogP contribution in [0.5, 0.6) is 0 Å². The lowest BCUT2D eigenvalue weighted by Gasteiger charge is -2.44. The van der Waals surface area contributed by atoms with Gasteiger partial charge in [-0.3, -0.25) is 9.59 Å². The minimum Gasteiger partial charge on any atom is -0.468 e. The molecule has 3 atom stereocenters. The van der Waals surface area contributed by atoms with Crippen molar-refractivity contribution in [3.05, 3.63) is 0 Å². The van der Waals surface area contributed by atoms with E-state index in [9.17, 15) is 9.59 Å². The smallest absolute Gasteiger partial charge is 0.325 e. The number of carbonyl (C=O) groups is 2. The molecule has 0 bridgehead atoms. The largest absolute Gasteiger partial charge is 0.468 e. The molecule has 3 unspecified atom stereocenters. The average molecular weight is 253 g/mol. The van der Waals surface area contributed by atoms with Crippen molar-refractivity contribution in [2.75, 3.05) is 13.7 Å². The van der Waals surface area contributed by atoms with E-state index in [0.29, 0.717) is 5.92 Å². The Hall–Kier alpha value is -1.06. The molecule has 0 radical (unpaired) electrons. The summed E-state index contributed by atoms with van der Waals surface area (Å²) in [5.74, 6) is 1.04. The Balaban J connectivity index is 2.03. The Bertz CT molecular complexity index is 303. The van der Waals surface area contributed by atoms with Crippen molar-refractivity contribution in [1.29, 1.82) is 0 Å². The van der Waals surface area contributed by atoms with Gasteiger partial charge in [-0.05, 0) is 24.7 Å². The van der Waals surface area contributed by atoms with Gasteiger partial charge in [-0.1, -0.05) is 32.1 Å². The fourth-order valence-electron chi connectivity index (χ4n) is 3.76. The number of amides is 1. The first-order valence-corrected chi connectivity index (χ1v) is 7.04. The van der Waals surface area contributed by atoms with Gasteiger partial charge in [0.2, 0.25) is 6.41 Å². The molecule has 1 amide bonds. The minimum atomic E-state index is -0.319. The fraction of sp³-hybridized carbons (Fsp3) is 0.857. The van der Waals surface area contributed by atoms with Crippen molar-refractivity contribution >= 4 is 12.4 Å². The van der Waals surface area contributed by atoms with Gasteiger partial charge in [0.05, 0.1) is 7.11 Å². The number of rotatable bonds is 4. The van der Waals surface area contributed by atoms with E-state index in [2.05, 4.69) is 4.74 Å². The number of fused-ring (bicyclic) bond motifs is 1. The molecule has 102 valence electrons. The summed E-state index contributed by atoms with van der Waals surface area (Å²) in [6, 6.07) is 0.251. The lowest BCUT2D eigenvalue weighted by atomic mass is 9.68. The molecule has 4 nitrogen and oxygen atoms in total. The summed E-state index contributed by atoms with van der Waals surface area (Å²) in [7, 11) is 1.37. The second-order valence-electron chi connectivity index (χ2n) is 5.56. The summed E-state index contributed by atoms with van der Waals surface area (Å²) in [4.78, 5) is 24.3. The number of nitrogens with zero attached hydrogens (tertiary/aromatic N) is 1. The summed E-state index contributed by atoms with van der Waals surface area (Å²) in [6.45, 7) is 0.105. The maximum absolute atomic E-state index is 11.4. The summed E-state index contributed by atoms with van der Waals surface area (Å²) >= 11 is 0. The fourth-order valence-corrected chi connectivity index (χ4v) is 3.76. The normalized spacial score (nSPS) is 31.3. The van der Waals surface area contributed by atoms with E-state index in [0.717, 1.165) is 18.7 Å². The quantitative estimate of drug-likeness (QED) is 0.568. The minimum absolute atomic E-state index is 0.105. The molecule has 4 heteroatoms. The van der Waals surface area contributed by atoms with E-state index >= 15 is 0 Å². The predicted molar refractivity (Wildman–Crippen MR) is 67.9 cm³/mol. The molecule has 2 saturated carbocycles. The second kappa shape index (κ2) is 6.21. The molecule has 18 heavy (non-hydrogen) atoms. The number of ether oxygens (including phenoxy) is 1. The van der Waals surface area contributed by atoms with E-state index in [-0.39, 0.29) is 18.6 Å². The van der Waals surface area contributed by atoms with E-state index in [4.69, 9.17) is 0 Å². The molecular formula is C14H23NO3. The van der Waals surface area contributed by atoms with E-state index in [1.165, 1.54) is 45.6 Å². The Morgan fingerprint density at radius 3 is 2.67 bits per heavy atom. The Morgan fingerprint density at radius 2 is 1.94 bits per heavy atom.